The number of benzene rings is 1. The Morgan fingerprint density at radius 1 is 1.28 bits per heavy atom. The van der Waals surface area contributed by atoms with Crippen LogP contribution in [0.1, 0.15) is 32.8 Å². The number of amides is 1. The highest BCUT2D eigenvalue weighted by molar-refractivity contribution is 6.01. The first-order valence-corrected chi connectivity index (χ1v) is 8.17. The van der Waals surface area contributed by atoms with Crippen LogP contribution in [0.2, 0.25) is 0 Å². The minimum Gasteiger partial charge on any atom is -0.467 e. The molecule has 1 amide bonds. The average molecular weight is 347 g/mol. The number of hydrogen-bond donors (Lipinski definition) is 1. The summed E-state index contributed by atoms with van der Waals surface area (Å²) in [7, 11) is 1.31. The fourth-order valence-corrected chi connectivity index (χ4v) is 2.71. The standard InChI is InChI=1S/C18H25N3O4/c1-17(2,3)25-16(23)21-12-18(15(22)24-4,20-14(21)10-11-19)13-8-6-5-7-9-13/h5-9H,10-12,19H2,1-4H3. The molecule has 7 heteroatoms. The molecule has 0 aromatic heterocycles. The van der Waals surface area contributed by atoms with Gasteiger partial charge in [-0.15, -0.1) is 0 Å². The summed E-state index contributed by atoms with van der Waals surface area (Å²) in [5, 5.41) is 0. The summed E-state index contributed by atoms with van der Waals surface area (Å²) in [5.74, 6) is -0.106. The molecule has 7 nitrogen and oxygen atoms in total. The van der Waals surface area contributed by atoms with Crippen LogP contribution in [-0.2, 0) is 19.8 Å². The maximum Gasteiger partial charge on any atom is 0.415 e. The van der Waals surface area contributed by atoms with E-state index in [1.54, 1.807) is 32.9 Å². The minimum absolute atomic E-state index is 0.0218. The molecule has 0 aliphatic carbocycles. The monoisotopic (exact) mass is 347 g/mol. The van der Waals surface area contributed by atoms with Crippen LogP contribution in [-0.4, -0.2) is 48.6 Å². The number of methoxy groups -OCH3 is 1. The Morgan fingerprint density at radius 2 is 1.92 bits per heavy atom. The van der Waals surface area contributed by atoms with E-state index in [2.05, 4.69) is 4.99 Å². The van der Waals surface area contributed by atoms with Gasteiger partial charge in [-0.05, 0) is 32.9 Å². The maximum atomic E-state index is 12.6. The van der Waals surface area contributed by atoms with Crippen molar-refractivity contribution in [1.29, 1.82) is 0 Å². The highest BCUT2D eigenvalue weighted by Crippen LogP contribution is 2.35. The first-order chi connectivity index (χ1) is 11.7. The molecule has 1 aliphatic rings. The van der Waals surface area contributed by atoms with Crippen LogP contribution < -0.4 is 5.73 Å². The Balaban J connectivity index is 2.46. The third kappa shape index (κ3) is 3.99. The average Bonchev–Trinajstić information content (AvgIpc) is 2.95. The fraction of sp³-hybridized carbons (Fsp3) is 0.500. The molecule has 1 aromatic carbocycles. The molecule has 1 aliphatic heterocycles. The number of hydrogen-bond acceptors (Lipinski definition) is 6. The van der Waals surface area contributed by atoms with Crippen molar-refractivity contribution in [3.8, 4) is 0 Å². The van der Waals surface area contributed by atoms with Crippen molar-refractivity contribution in [3.63, 3.8) is 0 Å². The van der Waals surface area contributed by atoms with Gasteiger partial charge < -0.3 is 15.2 Å². The van der Waals surface area contributed by atoms with Crippen molar-refractivity contribution in [3.05, 3.63) is 35.9 Å². The third-order valence-electron chi connectivity index (χ3n) is 3.77. The van der Waals surface area contributed by atoms with E-state index >= 15 is 0 Å². The second-order valence-electron chi connectivity index (χ2n) is 6.85. The molecule has 2 N–H and O–H groups in total. The molecule has 1 unspecified atom stereocenters. The highest BCUT2D eigenvalue weighted by Gasteiger charge is 2.50. The van der Waals surface area contributed by atoms with Crippen LogP contribution >= 0.6 is 0 Å². The molecule has 1 aromatic rings. The number of rotatable bonds is 4. The zero-order valence-corrected chi connectivity index (χ0v) is 15.1. The second-order valence-corrected chi connectivity index (χ2v) is 6.85. The molecule has 1 atom stereocenters. The molecule has 136 valence electrons. The smallest absolute Gasteiger partial charge is 0.415 e. The Bertz CT molecular complexity index is 667. The zero-order chi connectivity index (χ0) is 18.7. The van der Waals surface area contributed by atoms with Crippen molar-refractivity contribution >= 4 is 17.9 Å². The molecule has 1 heterocycles. The first-order valence-electron chi connectivity index (χ1n) is 8.17. The molecule has 0 saturated carbocycles. The highest BCUT2D eigenvalue weighted by atomic mass is 16.6. The molecule has 0 bridgehead atoms. The van der Waals surface area contributed by atoms with Crippen molar-refractivity contribution in [2.75, 3.05) is 20.2 Å². The van der Waals surface area contributed by atoms with Gasteiger partial charge in [-0.25, -0.2) is 14.6 Å². The van der Waals surface area contributed by atoms with Gasteiger partial charge in [0.2, 0.25) is 5.54 Å². The van der Waals surface area contributed by atoms with E-state index in [0.29, 0.717) is 24.4 Å². The molecular weight excluding hydrogens is 322 g/mol. The maximum absolute atomic E-state index is 12.6. The third-order valence-corrected chi connectivity index (χ3v) is 3.77. The van der Waals surface area contributed by atoms with Crippen LogP contribution in [0.4, 0.5) is 4.79 Å². The zero-order valence-electron chi connectivity index (χ0n) is 15.1. The molecular formula is C18H25N3O4. The topological polar surface area (TPSA) is 94.2 Å². The summed E-state index contributed by atoms with van der Waals surface area (Å²) in [4.78, 5) is 31.2. The van der Waals surface area contributed by atoms with Gasteiger partial charge in [0.05, 0.1) is 13.7 Å². The van der Waals surface area contributed by atoms with Gasteiger partial charge in [0, 0.05) is 6.42 Å². The molecule has 0 spiro atoms. The number of nitrogens with two attached hydrogens (primary N) is 1. The van der Waals surface area contributed by atoms with Gasteiger partial charge in [0.25, 0.3) is 0 Å². The van der Waals surface area contributed by atoms with Crippen molar-refractivity contribution in [2.45, 2.75) is 38.3 Å². The van der Waals surface area contributed by atoms with Gasteiger partial charge in [-0.2, -0.15) is 0 Å². The van der Waals surface area contributed by atoms with E-state index in [9.17, 15) is 9.59 Å². The van der Waals surface area contributed by atoms with Crippen molar-refractivity contribution < 1.29 is 19.1 Å². The van der Waals surface area contributed by atoms with E-state index in [4.69, 9.17) is 15.2 Å². The number of ether oxygens (including phenoxy) is 2. The summed E-state index contributed by atoms with van der Waals surface area (Å²) in [6.45, 7) is 5.67. The number of aliphatic imine (C=N–C) groups is 1. The summed E-state index contributed by atoms with van der Waals surface area (Å²) in [5.41, 5.74) is 4.35. The van der Waals surface area contributed by atoms with Gasteiger partial charge in [-0.3, -0.25) is 4.90 Å². The van der Waals surface area contributed by atoms with E-state index in [1.165, 1.54) is 12.0 Å². The van der Waals surface area contributed by atoms with Gasteiger partial charge >= 0.3 is 12.1 Å². The lowest BCUT2D eigenvalue weighted by molar-refractivity contribution is -0.147. The van der Waals surface area contributed by atoms with Crippen LogP contribution in [0.25, 0.3) is 0 Å². The Kier molecular flexibility index (Phi) is 5.47. The first kappa shape index (κ1) is 18.9. The predicted molar refractivity (Wildman–Crippen MR) is 94.2 cm³/mol. The van der Waals surface area contributed by atoms with Gasteiger partial charge in [-0.1, -0.05) is 30.3 Å². The quantitative estimate of drug-likeness (QED) is 0.841. The lowest BCUT2D eigenvalue weighted by Crippen LogP contribution is -2.45. The van der Waals surface area contributed by atoms with Gasteiger partial charge in [0.1, 0.15) is 11.4 Å². The van der Waals surface area contributed by atoms with E-state index < -0.39 is 23.2 Å². The number of carbonyl (C=O) groups is 2. The normalized spacial score (nSPS) is 20.2. The predicted octanol–water partition coefficient (Wildman–Crippen LogP) is 2.05. The number of nitrogens with zero attached hydrogens (tertiary/aromatic N) is 2. The lowest BCUT2D eigenvalue weighted by atomic mass is 9.91. The van der Waals surface area contributed by atoms with Crippen molar-refractivity contribution in [1.82, 2.24) is 4.90 Å². The Labute approximate surface area is 147 Å². The SMILES string of the molecule is COC(=O)C1(c2ccccc2)CN(C(=O)OC(C)(C)C)C(CCN)=N1. The van der Waals surface area contributed by atoms with E-state index in [0.717, 1.165) is 0 Å². The Hall–Kier alpha value is -2.41. The van der Waals surface area contributed by atoms with Crippen LogP contribution in [0.3, 0.4) is 0 Å². The molecule has 0 fully saturated rings. The van der Waals surface area contributed by atoms with Gasteiger partial charge in [0.15, 0.2) is 0 Å². The summed E-state index contributed by atoms with van der Waals surface area (Å²) in [6, 6.07) is 9.06. The largest absolute Gasteiger partial charge is 0.467 e. The van der Waals surface area contributed by atoms with Crippen LogP contribution in [0, 0.1) is 0 Å². The summed E-state index contributed by atoms with van der Waals surface area (Å²) < 4.78 is 10.4. The van der Waals surface area contributed by atoms with E-state index in [-0.39, 0.29) is 6.54 Å². The molecule has 2 rings (SSSR count). The molecule has 0 saturated heterocycles. The molecule has 25 heavy (non-hydrogen) atoms. The Morgan fingerprint density at radius 3 is 2.44 bits per heavy atom. The summed E-state index contributed by atoms with van der Waals surface area (Å²) >= 11 is 0. The van der Waals surface area contributed by atoms with Crippen molar-refractivity contribution in [2.24, 2.45) is 10.7 Å². The second kappa shape index (κ2) is 7.23. The summed E-state index contributed by atoms with van der Waals surface area (Å²) in [6.07, 6.45) is -0.202. The number of carbonyl (C=O) groups excluding carboxylic acids is 2. The van der Waals surface area contributed by atoms with Crippen LogP contribution in [0.15, 0.2) is 35.3 Å². The fourth-order valence-electron chi connectivity index (χ4n) is 2.71. The lowest BCUT2D eigenvalue weighted by Gasteiger charge is -2.27. The number of amidine groups is 1. The van der Waals surface area contributed by atoms with E-state index in [1.807, 2.05) is 18.2 Å². The minimum atomic E-state index is -1.31. The van der Waals surface area contributed by atoms with Crippen LogP contribution in [0.5, 0.6) is 0 Å². The molecule has 0 radical (unpaired) electrons. The number of esters is 1.